The van der Waals surface area contributed by atoms with Crippen LogP contribution < -0.4 is 5.43 Å². The Hall–Kier alpha value is -1.95. The predicted octanol–water partition coefficient (Wildman–Crippen LogP) is 0.892. The number of sulfone groups is 1. The van der Waals surface area contributed by atoms with Crippen molar-refractivity contribution in [3.63, 3.8) is 0 Å². The molecule has 0 aliphatic carbocycles. The van der Waals surface area contributed by atoms with E-state index in [1.807, 2.05) is 0 Å². The van der Waals surface area contributed by atoms with Crippen molar-refractivity contribution in [1.29, 1.82) is 0 Å². The van der Waals surface area contributed by atoms with Gasteiger partial charge in [0, 0.05) is 0 Å². The molecule has 0 fully saturated rings. The lowest BCUT2D eigenvalue weighted by atomic mass is 10.2. The summed E-state index contributed by atoms with van der Waals surface area (Å²) < 4.78 is 24.2. The Bertz CT molecular complexity index is 631. The van der Waals surface area contributed by atoms with Crippen LogP contribution in [0.15, 0.2) is 52.0 Å². The zero-order valence-corrected chi connectivity index (χ0v) is 10.6. The molecule has 0 spiro atoms. The molecule has 1 aliphatic heterocycles. The van der Waals surface area contributed by atoms with Crippen molar-refractivity contribution >= 4 is 21.5 Å². The summed E-state index contributed by atoms with van der Waals surface area (Å²) in [5.74, 6) is -0.647. The van der Waals surface area contributed by atoms with Crippen LogP contribution in [0.25, 0.3) is 0 Å². The summed E-state index contributed by atoms with van der Waals surface area (Å²) in [6.45, 7) is 1.67. The first kappa shape index (κ1) is 12.5. The van der Waals surface area contributed by atoms with Crippen LogP contribution in [0.5, 0.6) is 0 Å². The smallest absolute Gasteiger partial charge is 0.267 e. The Morgan fingerprint density at radius 3 is 2.56 bits per heavy atom. The molecule has 6 heteroatoms. The van der Waals surface area contributed by atoms with Crippen LogP contribution in [-0.4, -0.2) is 25.8 Å². The molecule has 0 saturated carbocycles. The van der Waals surface area contributed by atoms with Crippen LogP contribution in [-0.2, 0) is 14.6 Å². The van der Waals surface area contributed by atoms with Gasteiger partial charge in [0.2, 0.25) is 0 Å². The Kier molecular flexibility index (Phi) is 3.29. The minimum Gasteiger partial charge on any atom is -0.267 e. The lowest BCUT2D eigenvalue weighted by Gasteiger charge is -2.03. The van der Waals surface area contributed by atoms with Crippen LogP contribution in [0, 0.1) is 0 Å². The second-order valence-electron chi connectivity index (χ2n) is 3.77. The fraction of sp³-hybridized carbons (Fsp3) is 0.167. The fourth-order valence-electron chi connectivity index (χ4n) is 1.67. The summed E-state index contributed by atoms with van der Waals surface area (Å²) in [6.07, 6.45) is 1.56. The molecule has 0 aromatic heterocycles. The number of nitrogens with zero attached hydrogens (tertiary/aromatic N) is 1. The minimum atomic E-state index is -3.47. The van der Waals surface area contributed by atoms with Gasteiger partial charge in [-0.05, 0) is 19.1 Å². The number of hydrazone groups is 1. The largest absolute Gasteiger partial charge is 0.272 e. The monoisotopic (exact) mass is 264 g/mol. The highest BCUT2D eigenvalue weighted by atomic mass is 32.2. The summed E-state index contributed by atoms with van der Waals surface area (Å²) >= 11 is 0. The Labute approximate surface area is 105 Å². The number of carbonyl (C=O) groups is 1. The molecule has 2 rings (SSSR count). The average Bonchev–Trinajstić information content (AvgIpc) is 2.70. The summed E-state index contributed by atoms with van der Waals surface area (Å²) in [4.78, 5) is 11.6. The molecule has 0 atom stereocenters. The highest BCUT2D eigenvalue weighted by Crippen LogP contribution is 2.14. The van der Waals surface area contributed by atoms with E-state index in [1.54, 1.807) is 31.2 Å². The summed E-state index contributed by atoms with van der Waals surface area (Å²) in [6, 6.07) is 8.10. The second-order valence-corrected chi connectivity index (χ2v) is 5.76. The van der Waals surface area contributed by atoms with Crippen molar-refractivity contribution in [3.8, 4) is 0 Å². The van der Waals surface area contributed by atoms with E-state index in [4.69, 9.17) is 0 Å². The van der Waals surface area contributed by atoms with Crippen molar-refractivity contribution < 1.29 is 13.2 Å². The topological polar surface area (TPSA) is 75.6 Å². The molecule has 1 aromatic carbocycles. The summed E-state index contributed by atoms with van der Waals surface area (Å²) in [5, 5.41) is 3.75. The number of benzene rings is 1. The molecule has 1 heterocycles. The van der Waals surface area contributed by atoms with Crippen LogP contribution in [0.4, 0.5) is 0 Å². The van der Waals surface area contributed by atoms with Crippen LogP contribution in [0.2, 0.25) is 0 Å². The van der Waals surface area contributed by atoms with E-state index >= 15 is 0 Å². The van der Waals surface area contributed by atoms with E-state index in [0.717, 1.165) is 0 Å². The van der Waals surface area contributed by atoms with Gasteiger partial charge < -0.3 is 0 Å². The van der Waals surface area contributed by atoms with Gasteiger partial charge >= 0.3 is 0 Å². The second kappa shape index (κ2) is 4.73. The van der Waals surface area contributed by atoms with Crippen molar-refractivity contribution in [2.45, 2.75) is 11.8 Å². The van der Waals surface area contributed by atoms with Gasteiger partial charge in [-0.2, -0.15) is 5.10 Å². The van der Waals surface area contributed by atoms with Crippen molar-refractivity contribution in [2.24, 2.45) is 5.10 Å². The minimum absolute atomic E-state index is 0.225. The highest BCUT2D eigenvalue weighted by Gasteiger charge is 2.27. The average molecular weight is 264 g/mol. The normalized spacial score (nSPS) is 17.7. The molecule has 0 unspecified atom stereocenters. The summed E-state index contributed by atoms with van der Waals surface area (Å²) in [7, 11) is -3.47. The first-order valence-corrected chi connectivity index (χ1v) is 7.01. The number of rotatable bonds is 3. The number of allylic oxidation sites excluding steroid dienone is 1. The first-order valence-electron chi connectivity index (χ1n) is 5.36. The van der Waals surface area contributed by atoms with E-state index in [2.05, 4.69) is 10.5 Å². The van der Waals surface area contributed by atoms with Gasteiger partial charge in [-0.3, -0.25) is 4.79 Å². The third-order valence-electron chi connectivity index (χ3n) is 2.57. The number of amides is 1. The van der Waals surface area contributed by atoms with Gasteiger partial charge in [0.1, 0.15) is 0 Å². The maximum Gasteiger partial charge on any atom is 0.272 e. The summed E-state index contributed by atoms with van der Waals surface area (Å²) in [5.41, 5.74) is 2.83. The van der Waals surface area contributed by atoms with Gasteiger partial charge in [0.05, 0.1) is 21.9 Å². The van der Waals surface area contributed by atoms with Crippen LogP contribution in [0.3, 0.4) is 0 Å². The van der Waals surface area contributed by atoms with E-state index in [0.29, 0.717) is 5.57 Å². The van der Waals surface area contributed by atoms with E-state index < -0.39 is 9.84 Å². The van der Waals surface area contributed by atoms with Crippen LogP contribution >= 0.6 is 0 Å². The van der Waals surface area contributed by atoms with Crippen molar-refractivity contribution in [1.82, 2.24) is 5.43 Å². The van der Waals surface area contributed by atoms with Crippen molar-refractivity contribution in [3.05, 3.63) is 42.0 Å². The van der Waals surface area contributed by atoms with Gasteiger partial charge in [0.15, 0.2) is 9.84 Å². The number of hydrogen-bond acceptors (Lipinski definition) is 4. The molecule has 18 heavy (non-hydrogen) atoms. The maximum atomic E-state index is 12.1. The molecule has 0 radical (unpaired) electrons. The van der Waals surface area contributed by atoms with Gasteiger partial charge in [0.25, 0.3) is 5.91 Å². The molecular formula is C12H12N2O3S. The molecular weight excluding hydrogens is 252 g/mol. The molecule has 0 saturated heterocycles. The van der Waals surface area contributed by atoms with Crippen molar-refractivity contribution in [2.75, 3.05) is 5.75 Å². The number of nitrogens with one attached hydrogen (secondary N) is 1. The lowest BCUT2D eigenvalue weighted by molar-refractivity contribution is -0.116. The molecule has 5 nitrogen and oxygen atoms in total. The molecule has 94 valence electrons. The Balaban J connectivity index is 2.28. The van der Waals surface area contributed by atoms with Gasteiger partial charge in [-0.15, -0.1) is 0 Å². The molecule has 0 bridgehead atoms. The predicted molar refractivity (Wildman–Crippen MR) is 67.8 cm³/mol. The van der Waals surface area contributed by atoms with E-state index in [9.17, 15) is 13.2 Å². The zero-order chi connectivity index (χ0) is 13.2. The Morgan fingerprint density at radius 1 is 1.28 bits per heavy atom. The molecule has 1 amide bonds. The molecule has 1 aliphatic rings. The first-order chi connectivity index (χ1) is 8.54. The third-order valence-corrected chi connectivity index (χ3v) is 4.21. The highest BCUT2D eigenvalue weighted by molar-refractivity contribution is 7.92. The SMILES string of the molecule is C/C=C1/C(=O)NN=C1CS(=O)(=O)c1ccccc1. The third kappa shape index (κ3) is 2.33. The molecule has 1 aromatic rings. The van der Waals surface area contributed by atoms with E-state index in [1.165, 1.54) is 12.1 Å². The fourth-order valence-corrected chi connectivity index (χ4v) is 2.99. The molecule has 1 N–H and O–H groups in total. The Morgan fingerprint density at radius 2 is 1.94 bits per heavy atom. The van der Waals surface area contributed by atoms with Gasteiger partial charge in [-0.1, -0.05) is 24.3 Å². The zero-order valence-electron chi connectivity index (χ0n) is 9.75. The van der Waals surface area contributed by atoms with E-state index in [-0.39, 0.29) is 22.3 Å². The number of carbonyl (C=O) groups excluding carboxylic acids is 1. The van der Waals surface area contributed by atoms with Crippen LogP contribution in [0.1, 0.15) is 6.92 Å². The standard InChI is InChI=1S/C12H12N2O3S/c1-2-10-11(13-14-12(10)15)8-18(16,17)9-6-4-3-5-7-9/h2-7H,8H2,1H3,(H,14,15)/b10-2+. The quantitative estimate of drug-likeness (QED) is 0.824. The number of hydrogen-bond donors (Lipinski definition) is 1. The maximum absolute atomic E-state index is 12.1. The lowest BCUT2D eigenvalue weighted by Crippen LogP contribution is -2.19. The van der Waals surface area contributed by atoms with Gasteiger partial charge in [-0.25, -0.2) is 13.8 Å².